The van der Waals surface area contributed by atoms with Crippen LogP contribution in [0.2, 0.25) is 0 Å². The van der Waals surface area contributed by atoms with Gasteiger partial charge in [-0.2, -0.15) is 0 Å². The molecule has 0 atom stereocenters. The lowest BCUT2D eigenvalue weighted by Crippen LogP contribution is -2.24. The molecule has 3 rings (SSSR count). The second kappa shape index (κ2) is 3.89. The second-order valence-electron chi connectivity index (χ2n) is 5.33. The first-order valence-corrected chi connectivity index (χ1v) is 6.18. The molecule has 0 fully saturated rings. The van der Waals surface area contributed by atoms with Gasteiger partial charge in [0.2, 0.25) is 0 Å². The number of ether oxygens (including phenoxy) is 1. The molecule has 0 bridgehead atoms. The Hall–Kier alpha value is -1.74. The average molecular weight is 243 g/mol. The molecule has 0 aliphatic carbocycles. The Kier molecular flexibility index (Phi) is 2.45. The Morgan fingerprint density at radius 1 is 1.22 bits per heavy atom. The van der Waals surface area contributed by atoms with Gasteiger partial charge in [-0.1, -0.05) is 0 Å². The van der Waals surface area contributed by atoms with Crippen LogP contribution in [0.1, 0.15) is 25.2 Å². The predicted molar refractivity (Wildman–Crippen MR) is 70.4 cm³/mol. The zero-order valence-corrected chi connectivity index (χ0v) is 10.7. The van der Waals surface area contributed by atoms with E-state index in [4.69, 9.17) is 14.9 Å². The number of fused-ring (bicyclic) bond motifs is 1. The normalized spacial score (nSPS) is 16.4. The van der Waals surface area contributed by atoms with E-state index in [1.807, 2.05) is 24.3 Å². The fraction of sp³-hybridized carbons (Fsp3) is 0.333. The minimum absolute atomic E-state index is 0.105. The molecule has 2 N–H and O–H groups in total. The first-order chi connectivity index (χ1) is 8.57. The van der Waals surface area contributed by atoms with Crippen LogP contribution >= 0.6 is 0 Å². The maximum Gasteiger partial charge on any atom is 0.134 e. The molecule has 94 valence electrons. The summed E-state index contributed by atoms with van der Waals surface area (Å²) in [6, 6.07) is 10.1. The molecule has 1 aliphatic rings. The average Bonchev–Trinajstić information content (AvgIpc) is 2.89. The summed E-state index contributed by atoms with van der Waals surface area (Å²) in [5.74, 6) is 2.65. The van der Waals surface area contributed by atoms with Gasteiger partial charge < -0.3 is 14.9 Å². The Balaban J connectivity index is 1.97. The maximum absolute atomic E-state index is 5.86. The van der Waals surface area contributed by atoms with E-state index in [1.54, 1.807) is 0 Å². The van der Waals surface area contributed by atoms with Gasteiger partial charge >= 0.3 is 0 Å². The highest BCUT2D eigenvalue weighted by atomic mass is 16.5. The summed E-state index contributed by atoms with van der Waals surface area (Å²) in [6.45, 7) is 4.64. The number of furan rings is 1. The lowest BCUT2D eigenvalue weighted by atomic mass is 10.00. The molecule has 1 aromatic carbocycles. The smallest absolute Gasteiger partial charge is 0.134 e. The quantitative estimate of drug-likeness (QED) is 0.881. The molecule has 18 heavy (non-hydrogen) atoms. The van der Waals surface area contributed by atoms with E-state index in [9.17, 15) is 0 Å². The molecule has 0 radical (unpaired) electrons. The molecular weight excluding hydrogens is 226 g/mol. The van der Waals surface area contributed by atoms with Crippen molar-refractivity contribution in [2.75, 3.05) is 0 Å². The van der Waals surface area contributed by atoms with Crippen LogP contribution in [0.15, 0.2) is 34.7 Å². The molecule has 2 heterocycles. The first kappa shape index (κ1) is 11.4. The van der Waals surface area contributed by atoms with Crippen molar-refractivity contribution < 1.29 is 9.15 Å². The van der Waals surface area contributed by atoms with Crippen LogP contribution in [0.25, 0.3) is 11.3 Å². The van der Waals surface area contributed by atoms with Crippen molar-refractivity contribution in [3.05, 3.63) is 41.7 Å². The van der Waals surface area contributed by atoms with Gasteiger partial charge in [0.25, 0.3) is 0 Å². The third kappa shape index (κ3) is 1.91. The summed E-state index contributed by atoms with van der Waals surface area (Å²) in [4.78, 5) is 0. The lowest BCUT2D eigenvalue weighted by molar-refractivity contribution is 0.138. The fourth-order valence-electron chi connectivity index (χ4n) is 2.41. The largest absolute Gasteiger partial charge is 0.487 e. The zero-order chi connectivity index (χ0) is 12.8. The van der Waals surface area contributed by atoms with Crippen molar-refractivity contribution in [1.29, 1.82) is 0 Å². The van der Waals surface area contributed by atoms with Gasteiger partial charge in [-0.15, -0.1) is 0 Å². The van der Waals surface area contributed by atoms with Crippen molar-refractivity contribution >= 4 is 0 Å². The Morgan fingerprint density at radius 3 is 2.78 bits per heavy atom. The monoisotopic (exact) mass is 243 g/mol. The van der Waals surface area contributed by atoms with Gasteiger partial charge in [-0.3, -0.25) is 0 Å². The van der Waals surface area contributed by atoms with Crippen molar-refractivity contribution in [1.82, 2.24) is 0 Å². The van der Waals surface area contributed by atoms with Crippen LogP contribution in [0.5, 0.6) is 5.75 Å². The van der Waals surface area contributed by atoms with E-state index in [-0.39, 0.29) is 5.60 Å². The van der Waals surface area contributed by atoms with Gasteiger partial charge in [0.1, 0.15) is 22.9 Å². The van der Waals surface area contributed by atoms with Gasteiger partial charge in [-0.05, 0) is 49.7 Å². The summed E-state index contributed by atoms with van der Waals surface area (Å²) in [6.07, 6.45) is 0.931. The Morgan fingerprint density at radius 2 is 2.06 bits per heavy atom. The molecule has 3 heteroatoms. The molecule has 0 spiro atoms. The Bertz CT molecular complexity index is 584. The maximum atomic E-state index is 5.86. The standard InChI is InChI=1S/C15H17NO2/c1-15(2)8-11-7-10(3-5-14(11)18-15)13-6-4-12(9-16)17-13/h3-7H,8-9,16H2,1-2H3. The first-order valence-electron chi connectivity index (χ1n) is 6.18. The molecule has 1 aliphatic heterocycles. The van der Waals surface area contributed by atoms with E-state index >= 15 is 0 Å². The van der Waals surface area contributed by atoms with Crippen LogP contribution in [-0.2, 0) is 13.0 Å². The molecule has 0 amide bonds. The van der Waals surface area contributed by atoms with Crippen LogP contribution in [0.3, 0.4) is 0 Å². The molecule has 0 saturated carbocycles. The predicted octanol–water partition coefficient (Wildman–Crippen LogP) is 3.12. The summed E-state index contributed by atoms with van der Waals surface area (Å²) in [5, 5.41) is 0. The van der Waals surface area contributed by atoms with Gasteiger partial charge in [0, 0.05) is 12.0 Å². The van der Waals surface area contributed by atoms with Crippen LogP contribution in [-0.4, -0.2) is 5.60 Å². The number of hydrogen-bond donors (Lipinski definition) is 1. The van der Waals surface area contributed by atoms with Crippen LogP contribution < -0.4 is 10.5 Å². The van der Waals surface area contributed by atoms with E-state index in [0.717, 1.165) is 29.3 Å². The third-order valence-electron chi connectivity index (χ3n) is 3.21. The van der Waals surface area contributed by atoms with Crippen molar-refractivity contribution in [3.63, 3.8) is 0 Å². The summed E-state index contributed by atoms with van der Waals surface area (Å²) in [7, 11) is 0. The molecule has 1 aromatic heterocycles. The van der Waals surface area contributed by atoms with Crippen molar-refractivity contribution in [2.45, 2.75) is 32.4 Å². The van der Waals surface area contributed by atoms with E-state index in [2.05, 4.69) is 19.9 Å². The minimum atomic E-state index is -0.105. The SMILES string of the molecule is CC1(C)Cc2cc(-c3ccc(CN)o3)ccc2O1. The van der Waals surface area contributed by atoms with Gasteiger partial charge in [-0.25, -0.2) is 0 Å². The van der Waals surface area contributed by atoms with E-state index in [0.29, 0.717) is 6.54 Å². The minimum Gasteiger partial charge on any atom is -0.487 e. The van der Waals surface area contributed by atoms with Crippen LogP contribution in [0, 0.1) is 0 Å². The zero-order valence-electron chi connectivity index (χ0n) is 10.7. The summed E-state index contributed by atoms with van der Waals surface area (Å²) in [5.41, 5.74) is 7.77. The van der Waals surface area contributed by atoms with Crippen molar-refractivity contribution in [2.24, 2.45) is 5.73 Å². The lowest BCUT2D eigenvalue weighted by Gasteiger charge is -2.16. The number of benzene rings is 1. The number of rotatable bonds is 2. The van der Waals surface area contributed by atoms with Crippen LogP contribution in [0.4, 0.5) is 0 Å². The molecular formula is C15H17NO2. The van der Waals surface area contributed by atoms with Gasteiger partial charge in [0.15, 0.2) is 0 Å². The summed E-state index contributed by atoms with van der Waals surface area (Å²) < 4.78 is 11.5. The molecule has 0 saturated heterocycles. The third-order valence-corrected chi connectivity index (χ3v) is 3.21. The topological polar surface area (TPSA) is 48.4 Å². The number of nitrogens with two attached hydrogens (primary N) is 1. The van der Waals surface area contributed by atoms with E-state index < -0.39 is 0 Å². The fourth-order valence-corrected chi connectivity index (χ4v) is 2.41. The highest BCUT2D eigenvalue weighted by Crippen LogP contribution is 2.37. The highest BCUT2D eigenvalue weighted by Gasteiger charge is 2.30. The molecule has 3 nitrogen and oxygen atoms in total. The molecule has 0 unspecified atom stereocenters. The van der Waals surface area contributed by atoms with Gasteiger partial charge in [0.05, 0.1) is 6.54 Å². The molecule has 2 aromatic rings. The summed E-state index contributed by atoms with van der Waals surface area (Å²) >= 11 is 0. The highest BCUT2D eigenvalue weighted by molar-refractivity contribution is 5.61. The number of hydrogen-bond acceptors (Lipinski definition) is 3. The Labute approximate surface area is 107 Å². The second-order valence-corrected chi connectivity index (χ2v) is 5.33. The van der Waals surface area contributed by atoms with Crippen molar-refractivity contribution in [3.8, 4) is 17.1 Å². The van der Waals surface area contributed by atoms with E-state index in [1.165, 1.54) is 5.56 Å².